The van der Waals surface area contributed by atoms with Gasteiger partial charge < -0.3 is 15.2 Å². The van der Waals surface area contributed by atoms with Gasteiger partial charge in [0.15, 0.2) is 11.5 Å². The van der Waals surface area contributed by atoms with Crippen molar-refractivity contribution in [2.45, 2.75) is 13.5 Å². The molecule has 1 aliphatic heterocycles. The number of nitrogens with one attached hydrogen (secondary N) is 1. The molecule has 26 heavy (non-hydrogen) atoms. The molecule has 6 nitrogen and oxygen atoms in total. The van der Waals surface area contributed by atoms with Crippen molar-refractivity contribution in [3.8, 4) is 11.5 Å². The van der Waals surface area contributed by atoms with E-state index < -0.39 is 11.9 Å². The summed E-state index contributed by atoms with van der Waals surface area (Å²) in [6.45, 7) is 2.34. The van der Waals surface area contributed by atoms with Crippen LogP contribution in [0.25, 0.3) is 6.08 Å². The number of halogens is 1. The normalized spacial score (nSPS) is 15.5. The fourth-order valence-corrected chi connectivity index (χ4v) is 2.70. The summed E-state index contributed by atoms with van der Waals surface area (Å²) in [5, 5.41) is 13.4. The predicted octanol–water partition coefficient (Wildman–Crippen LogP) is 3.54. The summed E-state index contributed by atoms with van der Waals surface area (Å²) in [5.41, 5.74) is 1.25. The van der Waals surface area contributed by atoms with Gasteiger partial charge in [0.2, 0.25) is 0 Å². The second-order valence-electron chi connectivity index (χ2n) is 5.63. The lowest BCUT2D eigenvalue weighted by Gasteiger charge is -2.11. The third kappa shape index (κ3) is 3.65. The molecule has 2 aromatic rings. The number of ether oxygens (including phenoxy) is 1. The maximum absolute atomic E-state index is 12.5. The molecular formula is C19H17ClN2O4. The Hall–Kier alpha value is -2.99. The Labute approximate surface area is 155 Å². The molecule has 0 aliphatic carbocycles. The molecule has 0 unspecified atom stereocenters. The number of phenolic OH excluding ortho intramolecular Hbond substituents is 1. The van der Waals surface area contributed by atoms with Crippen LogP contribution < -0.4 is 10.1 Å². The van der Waals surface area contributed by atoms with E-state index in [9.17, 15) is 14.7 Å². The number of carbonyl (C=O) groups excluding carboxylic acids is 2. The molecule has 3 amide bonds. The van der Waals surface area contributed by atoms with Crippen LogP contribution in [-0.4, -0.2) is 28.6 Å². The molecule has 0 saturated carbocycles. The molecule has 0 bridgehead atoms. The first-order chi connectivity index (χ1) is 12.5. The molecule has 134 valence electrons. The molecule has 0 aromatic heterocycles. The Morgan fingerprint density at radius 1 is 1.19 bits per heavy atom. The van der Waals surface area contributed by atoms with Gasteiger partial charge in [-0.15, -0.1) is 0 Å². The Kier molecular flexibility index (Phi) is 5.14. The summed E-state index contributed by atoms with van der Waals surface area (Å²) >= 11 is 5.85. The van der Waals surface area contributed by atoms with Crippen molar-refractivity contribution in [2.75, 3.05) is 6.61 Å². The largest absolute Gasteiger partial charge is 0.504 e. The molecule has 1 aliphatic rings. The van der Waals surface area contributed by atoms with Crippen molar-refractivity contribution in [2.24, 2.45) is 0 Å². The SMILES string of the molecule is CCOc1cccc(/C=C2/NC(=O)N(Cc3ccc(Cl)cc3)C2=O)c1O. The van der Waals surface area contributed by atoms with Gasteiger partial charge in [0.1, 0.15) is 5.70 Å². The highest BCUT2D eigenvalue weighted by Crippen LogP contribution is 2.31. The van der Waals surface area contributed by atoms with Crippen molar-refractivity contribution in [3.63, 3.8) is 0 Å². The van der Waals surface area contributed by atoms with E-state index in [1.807, 2.05) is 0 Å². The van der Waals surface area contributed by atoms with Crippen molar-refractivity contribution < 1.29 is 19.4 Å². The summed E-state index contributed by atoms with van der Waals surface area (Å²) in [5.74, 6) is -0.233. The zero-order valence-electron chi connectivity index (χ0n) is 14.0. The molecular weight excluding hydrogens is 356 g/mol. The highest BCUT2D eigenvalue weighted by molar-refractivity contribution is 6.30. The summed E-state index contributed by atoms with van der Waals surface area (Å²) in [7, 11) is 0. The van der Waals surface area contributed by atoms with E-state index in [-0.39, 0.29) is 18.0 Å². The van der Waals surface area contributed by atoms with Gasteiger partial charge in [0.05, 0.1) is 13.2 Å². The van der Waals surface area contributed by atoms with Crippen LogP contribution >= 0.6 is 11.6 Å². The number of phenols is 1. The summed E-state index contributed by atoms with van der Waals surface area (Å²) in [6.07, 6.45) is 1.43. The second-order valence-corrected chi connectivity index (χ2v) is 6.07. The van der Waals surface area contributed by atoms with Crippen LogP contribution in [0.1, 0.15) is 18.1 Å². The number of imide groups is 1. The first-order valence-corrected chi connectivity index (χ1v) is 8.41. The molecule has 0 atom stereocenters. The van der Waals surface area contributed by atoms with E-state index in [1.54, 1.807) is 49.4 Å². The minimum atomic E-state index is -0.517. The first kappa shape index (κ1) is 17.8. The Bertz CT molecular complexity index is 878. The van der Waals surface area contributed by atoms with Crippen LogP contribution in [0.5, 0.6) is 11.5 Å². The molecule has 2 N–H and O–H groups in total. The lowest BCUT2D eigenvalue weighted by Crippen LogP contribution is -2.30. The lowest BCUT2D eigenvalue weighted by atomic mass is 10.1. The molecule has 1 heterocycles. The van der Waals surface area contributed by atoms with E-state index in [0.717, 1.165) is 10.5 Å². The number of carbonyl (C=O) groups is 2. The molecule has 0 spiro atoms. The van der Waals surface area contributed by atoms with Crippen LogP contribution in [0, 0.1) is 0 Å². The number of para-hydroxylation sites is 1. The fraction of sp³-hybridized carbons (Fsp3) is 0.158. The Balaban J connectivity index is 1.83. The van der Waals surface area contributed by atoms with Crippen LogP contribution in [-0.2, 0) is 11.3 Å². The number of hydrogen-bond acceptors (Lipinski definition) is 4. The van der Waals surface area contributed by atoms with Gasteiger partial charge in [-0.1, -0.05) is 35.9 Å². The third-order valence-electron chi connectivity index (χ3n) is 3.85. The molecule has 7 heteroatoms. The van der Waals surface area contributed by atoms with E-state index >= 15 is 0 Å². The monoisotopic (exact) mass is 372 g/mol. The van der Waals surface area contributed by atoms with Crippen LogP contribution in [0.4, 0.5) is 4.79 Å². The zero-order valence-corrected chi connectivity index (χ0v) is 14.8. The average molecular weight is 373 g/mol. The number of urea groups is 1. The number of amides is 3. The summed E-state index contributed by atoms with van der Waals surface area (Å²) in [6, 6.07) is 11.3. The van der Waals surface area contributed by atoms with Crippen LogP contribution in [0.3, 0.4) is 0 Å². The van der Waals surface area contributed by atoms with Gasteiger partial charge >= 0.3 is 6.03 Å². The van der Waals surface area contributed by atoms with Gasteiger partial charge in [-0.05, 0) is 36.8 Å². The van der Waals surface area contributed by atoms with Gasteiger partial charge in [-0.25, -0.2) is 4.79 Å². The van der Waals surface area contributed by atoms with Crippen molar-refractivity contribution in [3.05, 3.63) is 64.3 Å². The molecule has 1 fully saturated rings. The van der Waals surface area contributed by atoms with Gasteiger partial charge in [0, 0.05) is 10.6 Å². The van der Waals surface area contributed by atoms with Crippen LogP contribution in [0.15, 0.2) is 48.2 Å². The van der Waals surface area contributed by atoms with E-state index in [4.69, 9.17) is 16.3 Å². The highest BCUT2D eigenvalue weighted by Gasteiger charge is 2.33. The van der Waals surface area contributed by atoms with E-state index in [0.29, 0.717) is 22.9 Å². The minimum Gasteiger partial charge on any atom is -0.504 e. The quantitative estimate of drug-likeness (QED) is 0.621. The predicted molar refractivity (Wildman–Crippen MR) is 97.8 cm³/mol. The Morgan fingerprint density at radius 3 is 2.62 bits per heavy atom. The molecule has 2 aromatic carbocycles. The van der Waals surface area contributed by atoms with Crippen molar-refractivity contribution in [1.29, 1.82) is 0 Å². The maximum atomic E-state index is 12.5. The minimum absolute atomic E-state index is 0.0833. The molecule has 3 rings (SSSR count). The lowest BCUT2D eigenvalue weighted by molar-refractivity contribution is -0.123. The topological polar surface area (TPSA) is 78.9 Å². The number of rotatable bonds is 5. The standard InChI is InChI=1S/C19H17ClN2O4/c1-2-26-16-5-3-4-13(17(16)23)10-15-18(24)22(19(25)21-15)11-12-6-8-14(20)9-7-12/h3-10,23H,2,11H2,1H3,(H,21,25)/b15-10+. The summed E-state index contributed by atoms with van der Waals surface area (Å²) in [4.78, 5) is 25.8. The maximum Gasteiger partial charge on any atom is 0.329 e. The zero-order chi connectivity index (χ0) is 18.7. The molecule has 0 radical (unpaired) electrons. The Morgan fingerprint density at radius 2 is 1.92 bits per heavy atom. The molecule has 1 saturated heterocycles. The number of aromatic hydroxyl groups is 1. The van der Waals surface area contributed by atoms with E-state index in [2.05, 4.69) is 5.32 Å². The second kappa shape index (κ2) is 7.49. The van der Waals surface area contributed by atoms with Gasteiger partial charge in [0.25, 0.3) is 5.91 Å². The number of hydrogen-bond donors (Lipinski definition) is 2. The van der Waals surface area contributed by atoms with Gasteiger partial charge in [-0.3, -0.25) is 9.69 Å². The third-order valence-corrected chi connectivity index (χ3v) is 4.10. The van der Waals surface area contributed by atoms with Crippen LogP contribution in [0.2, 0.25) is 5.02 Å². The fourth-order valence-electron chi connectivity index (χ4n) is 2.57. The van der Waals surface area contributed by atoms with Crippen molar-refractivity contribution >= 4 is 29.6 Å². The first-order valence-electron chi connectivity index (χ1n) is 8.03. The van der Waals surface area contributed by atoms with E-state index in [1.165, 1.54) is 6.08 Å². The van der Waals surface area contributed by atoms with Crippen molar-refractivity contribution in [1.82, 2.24) is 10.2 Å². The number of benzene rings is 2. The smallest absolute Gasteiger partial charge is 0.329 e. The summed E-state index contributed by atoms with van der Waals surface area (Å²) < 4.78 is 5.33. The highest BCUT2D eigenvalue weighted by atomic mass is 35.5. The number of nitrogens with zero attached hydrogens (tertiary/aromatic N) is 1. The average Bonchev–Trinajstić information content (AvgIpc) is 2.88. The van der Waals surface area contributed by atoms with Gasteiger partial charge in [-0.2, -0.15) is 0 Å².